The second-order valence-corrected chi connectivity index (χ2v) is 12.1. The summed E-state index contributed by atoms with van der Waals surface area (Å²) in [5.41, 5.74) is 5.39. The Labute approximate surface area is 258 Å². The molecule has 41 heavy (non-hydrogen) atoms. The Kier molecular flexibility index (Phi) is 21.3. The van der Waals surface area contributed by atoms with Gasteiger partial charge in [0.2, 0.25) is 0 Å². The first-order valence-corrected chi connectivity index (χ1v) is 16.8. The van der Waals surface area contributed by atoms with Crippen molar-refractivity contribution in [3.8, 4) is 0 Å². The highest BCUT2D eigenvalue weighted by atomic mass is 79.9. The van der Waals surface area contributed by atoms with Gasteiger partial charge in [0.15, 0.2) is 0 Å². The molecule has 8 heteroatoms. The fourth-order valence-corrected chi connectivity index (χ4v) is 5.09. The number of allylic oxidation sites excluding steroid dienone is 3. The van der Waals surface area contributed by atoms with Crippen molar-refractivity contribution in [1.29, 1.82) is 0 Å². The number of benzene rings is 1. The van der Waals surface area contributed by atoms with E-state index in [1.165, 1.54) is 5.56 Å². The summed E-state index contributed by atoms with van der Waals surface area (Å²) in [5, 5.41) is 3.44. The Morgan fingerprint density at radius 2 is 1.78 bits per heavy atom. The molecular formula is C33H50BrN5OS. The molecule has 1 aliphatic rings. The maximum absolute atomic E-state index is 12.6. The molecule has 2 aromatic rings. The number of piperidine rings is 1. The van der Waals surface area contributed by atoms with Crippen molar-refractivity contribution in [2.45, 2.75) is 54.0 Å². The summed E-state index contributed by atoms with van der Waals surface area (Å²) in [6.07, 6.45) is 9.49. The van der Waals surface area contributed by atoms with E-state index in [0.29, 0.717) is 11.7 Å². The number of nitrogens with zero attached hydrogens (tertiary/aromatic N) is 4. The molecule has 2 heterocycles. The van der Waals surface area contributed by atoms with Crippen LogP contribution in [0.15, 0.2) is 93.9 Å². The number of hydrogen-bond acceptors (Lipinski definition) is 5. The van der Waals surface area contributed by atoms with Crippen LogP contribution >= 0.6 is 15.9 Å². The van der Waals surface area contributed by atoms with Gasteiger partial charge in [0, 0.05) is 82.5 Å². The van der Waals surface area contributed by atoms with E-state index in [4.69, 9.17) is 4.99 Å². The van der Waals surface area contributed by atoms with Crippen molar-refractivity contribution in [3.05, 3.63) is 95.0 Å². The van der Waals surface area contributed by atoms with Gasteiger partial charge in [-0.2, -0.15) is 0 Å². The summed E-state index contributed by atoms with van der Waals surface area (Å²) in [4.78, 5) is 14.1. The van der Waals surface area contributed by atoms with Crippen LogP contribution in [0.3, 0.4) is 0 Å². The highest BCUT2D eigenvalue weighted by molar-refractivity contribution is 9.11. The molecule has 3 rings (SSSR count). The number of halogens is 1. The molecule has 1 aliphatic heterocycles. The fourth-order valence-electron chi connectivity index (χ4n) is 3.74. The molecule has 1 aromatic heterocycles. The second kappa shape index (κ2) is 22.8. The minimum atomic E-state index is -2.12. The molecule has 1 fully saturated rings. The molecular weight excluding hydrogens is 594 g/mol. The zero-order valence-corrected chi connectivity index (χ0v) is 28.3. The Morgan fingerprint density at radius 3 is 2.24 bits per heavy atom. The number of aliphatic imine (C=N–C) groups is 2. The molecule has 0 aliphatic carbocycles. The van der Waals surface area contributed by atoms with Crippen molar-refractivity contribution in [1.82, 2.24) is 14.6 Å². The summed E-state index contributed by atoms with van der Waals surface area (Å²) in [6.45, 7) is 19.1. The molecule has 1 unspecified atom stereocenters. The zero-order chi connectivity index (χ0) is 31.1. The Hall–Kier alpha value is -2.81. The fraction of sp³-hybridized carbons (Fsp3) is 0.394. The number of nitrogens with one attached hydrogen (secondary N) is 1. The molecule has 0 spiro atoms. The van der Waals surface area contributed by atoms with E-state index in [-0.39, 0.29) is 0 Å². The van der Waals surface area contributed by atoms with Crippen molar-refractivity contribution in [2.75, 3.05) is 25.9 Å². The predicted octanol–water partition coefficient (Wildman–Crippen LogP) is 7.81. The molecule has 6 nitrogen and oxygen atoms in total. The van der Waals surface area contributed by atoms with Crippen LogP contribution in [0.4, 0.5) is 0 Å². The van der Waals surface area contributed by atoms with E-state index in [1.54, 1.807) is 13.2 Å². The number of aromatic nitrogens is 1. The van der Waals surface area contributed by atoms with Gasteiger partial charge in [0.25, 0.3) is 0 Å². The smallest absolute Gasteiger partial charge is 0.0455 e. The average molecular weight is 645 g/mol. The lowest BCUT2D eigenvalue weighted by Crippen LogP contribution is -2.40. The molecule has 0 bridgehead atoms. The maximum Gasteiger partial charge on any atom is 0.0455 e. The predicted molar refractivity (Wildman–Crippen MR) is 188 cm³/mol. The summed E-state index contributed by atoms with van der Waals surface area (Å²) < 4.78 is 14.6. The van der Waals surface area contributed by atoms with Gasteiger partial charge in [-0.3, -0.25) is 14.2 Å². The average Bonchev–Trinajstić information content (AvgIpc) is 3.02. The lowest BCUT2D eigenvalue weighted by atomic mass is 9.92. The highest BCUT2D eigenvalue weighted by Crippen LogP contribution is 2.23. The van der Waals surface area contributed by atoms with Crippen LogP contribution in [0.2, 0.25) is 0 Å². The SMILES string of the molecule is C=Cc1ccccc1.C=NC.C=S(=O)(CC)N1CCC(C(/C=C(\C)NCc2cccnc2)=N/C(C)=C\Br)CC1.CC. The third-order valence-electron chi connectivity index (χ3n) is 5.95. The third-order valence-corrected chi connectivity index (χ3v) is 8.82. The van der Waals surface area contributed by atoms with Gasteiger partial charge in [-0.25, -0.2) is 4.31 Å². The molecule has 0 radical (unpaired) electrons. The standard InChI is InChI=1S/C21H31BrN4OS.C8H8.C2H5N.C2H6/c1-5-28(4,27)26-11-8-20(9-12-26)21(25-18(3)14-22)13-17(2)24-16-19-7-6-10-23-15-19;1-2-8-6-4-3-5-7-8;1-3-2;1-2/h6-7,10,13-15,20,24H,4-5,8-9,11-12,16H2,1-3H3;2-7H,1H2;1H2,2H3;1-2H3/b17-13+,18-14-,25-21+;;;. The van der Waals surface area contributed by atoms with Crippen molar-refractivity contribution in [3.63, 3.8) is 0 Å². The van der Waals surface area contributed by atoms with Crippen LogP contribution in [-0.4, -0.2) is 57.7 Å². The van der Waals surface area contributed by atoms with Gasteiger partial charge < -0.3 is 10.3 Å². The van der Waals surface area contributed by atoms with Crippen molar-refractivity contribution < 1.29 is 4.21 Å². The number of pyridine rings is 1. The first-order chi connectivity index (χ1) is 19.7. The lowest BCUT2D eigenvalue weighted by molar-refractivity contribution is 0.330. The summed E-state index contributed by atoms with van der Waals surface area (Å²) >= 11 is 3.37. The van der Waals surface area contributed by atoms with Crippen LogP contribution in [0.5, 0.6) is 0 Å². The Morgan fingerprint density at radius 1 is 1.17 bits per heavy atom. The normalized spacial score (nSPS) is 15.8. The van der Waals surface area contributed by atoms with Gasteiger partial charge in [0.05, 0.1) is 0 Å². The van der Waals surface area contributed by atoms with Crippen LogP contribution in [0.1, 0.15) is 58.6 Å². The summed E-state index contributed by atoms with van der Waals surface area (Å²) in [6, 6.07) is 14.0. The highest BCUT2D eigenvalue weighted by Gasteiger charge is 2.26. The Bertz CT molecular complexity index is 1180. The largest absolute Gasteiger partial charge is 0.384 e. The number of rotatable bonds is 9. The molecule has 1 aromatic carbocycles. The Balaban J connectivity index is 0.00000102. The summed E-state index contributed by atoms with van der Waals surface area (Å²) in [5.74, 6) is 4.87. The monoisotopic (exact) mass is 643 g/mol. The number of hydrogen-bond donors (Lipinski definition) is 1. The maximum atomic E-state index is 12.6. The van der Waals surface area contributed by atoms with E-state index in [9.17, 15) is 4.21 Å². The van der Waals surface area contributed by atoms with Gasteiger partial charge in [-0.15, -0.1) is 0 Å². The topological polar surface area (TPSA) is 70.0 Å². The molecule has 226 valence electrons. The molecule has 0 saturated carbocycles. The molecule has 1 atom stereocenters. The van der Waals surface area contributed by atoms with E-state index in [1.807, 2.05) is 85.7 Å². The van der Waals surface area contributed by atoms with Crippen LogP contribution in [0.25, 0.3) is 6.08 Å². The van der Waals surface area contributed by atoms with Gasteiger partial charge in [-0.1, -0.05) is 85.8 Å². The minimum absolute atomic E-state index is 0.348. The van der Waals surface area contributed by atoms with Crippen LogP contribution in [-0.2, 0) is 16.3 Å². The quantitative estimate of drug-likeness (QED) is 0.224. The second-order valence-electron chi connectivity index (χ2n) is 9.02. The van der Waals surface area contributed by atoms with Crippen molar-refractivity contribution in [2.24, 2.45) is 15.9 Å². The first-order valence-electron chi connectivity index (χ1n) is 14.0. The third kappa shape index (κ3) is 16.3. The molecule has 0 amide bonds. The summed E-state index contributed by atoms with van der Waals surface area (Å²) in [7, 11) is -0.481. The van der Waals surface area contributed by atoms with E-state index in [2.05, 4.69) is 69.5 Å². The lowest BCUT2D eigenvalue weighted by Gasteiger charge is -2.33. The van der Waals surface area contributed by atoms with Crippen molar-refractivity contribution >= 4 is 50.0 Å². The molecule has 1 saturated heterocycles. The van der Waals surface area contributed by atoms with Crippen LogP contribution in [0, 0.1) is 5.92 Å². The first kappa shape index (κ1) is 38.2. The molecule has 1 N–H and O–H groups in total. The van der Waals surface area contributed by atoms with Gasteiger partial charge in [0.1, 0.15) is 0 Å². The van der Waals surface area contributed by atoms with E-state index < -0.39 is 9.71 Å². The van der Waals surface area contributed by atoms with Gasteiger partial charge >= 0.3 is 0 Å². The van der Waals surface area contributed by atoms with Crippen LogP contribution < -0.4 is 5.32 Å². The van der Waals surface area contributed by atoms with Gasteiger partial charge in [-0.05, 0) is 62.5 Å². The van der Waals surface area contributed by atoms with E-state index in [0.717, 1.165) is 55.1 Å². The van der Waals surface area contributed by atoms with E-state index >= 15 is 0 Å². The zero-order valence-electron chi connectivity index (χ0n) is 25.9. The minimum Gasteiger partial charge on any atom is -0.384 e.